The van der Waals surface area contributed by atoms with E-state index in [1.165, 1.54) is 25.0 Å². The molecule has 0 unspecified atom stereocenters. The van der Waals surface area contributed by atoms with Crippen LogP contribution in [0.15, 0.2) is 22.7 Å². The fourth-order valence-corrected chi connectivity index (χ4v) is 3.34. The van der Waals surface area contributed by atoms with E-state index in [1.54, 1.807) is 11.3 Å². The molecule has 0 N–H and O–H groups in total. The summed E-state index contributed by atoms with van der Waals surface area (Å²) in [7, 11) is 0. The first-order chi connectivity index (χ1) is 6.20. The highest BCUT2D eigenvalue weighted by molar-refractivity contribution is 9.10. The predicted molar refractivity (Wildman–Crippen MR) is 63.8 cm³/mol. The third kappa shape index (κ3) is 1.76. The van der Waals surface area contributed by atoms with Crippen molar-refractivity contribution < 1.29 is 0 Å². The maximum atomic E-state index is 5.79. The van der Waals surface area contributed by atoms with Gasteiger partial charge in [-0.3, -0.25) is 0 Å². The first kappa shape index (κ1) is 9.50. The van der Waals surface area contributed by atoms with Gasteiger partial charge in [0.2, 0.25) is 0 Å². The van der Waals surface area contributed by atoms with Crippen LogP contribution in [0.1, 0.15) is 10.4 Å². The van der Waals surface area contributed by atoms with Gasteiger partial charge in [0, 0.05) is 14.0 Å². The molecule has 3 heteroatoms. The molecule has 68 valence electrons. The van der Waals surface area contributed by atoms with Crippen molar-refractivity contribution in [3.63, 3.8) is 0 Å². The monoisotopic (exact) mass is 274 g/mol. The molecular formula is C10H8BrClS. The third-order valence-corrected chi connectivity index (χ3v) is 4.42. The van der Waals surface area contributed by atoms with E-state index in [0.29, 0.717) is 5.88 Å². The molecule has 0 radical (unpaired) electrons. The zero-order valence-corrected chi connectivity index (χ0v) is 10.3. The van der Waals surface area contributed by atoms with Gasteiger partial charge in [-0.05, 0) is 45.9 Å². The average Bonchev–Trinajstić information content (AvgIpc) is 2.47. The van der Waals surface area contributed by atoms with Crippen LogP contribution in [0.4, 0.5) is 0 Å². The van der Waals surface area contributed by atoms with Gasteiger partial charge in [-0.25, -0.2) is 0 Å². The van der Waals surface area contributed by atoms with Crippen LogP contribution >= 0.6 is 38.9 Å². The second kappa shape index (κ2) is 3.60. The van der Waals surface area contributed by atoms with Crippen molar-refractivity contribution in [3.8, 4) is 0 Å². The first-order valence-electron chi connectivity index (χ1n) is 3.95. The van der Waals surface area contributed by atoms with Crippen molar-refractivity contribution >= 4 is 49.0 Å². The average molecular weight is 276 g/mol. The lowest BCUT2D eigenvalue weighted by molar-refractivity contribution is 1.49. The summed E-state index contributed by atoms with van der Waals surface area (Å²) in [6.45, 7) is 2.10. The SMILES string of the molecule is Cc1cc(Br)c2sc(CCl)cc2c1. The van der Waals surface area contributed by atoms with E-state index in [0.717, 1.165) is 0 Å². The van der Waals surface area contributed by atoms with Gasteiger partial charge < -0.3 is 0 Å². The van der Waals surface area contributed by atoms with Crippen molar-refractivity contribution in [2.45, 2.75) is 12.8 Å². The molecule has 2 aromatic rings. The number of thiophene rings is 1. The number of fused-ring (bicyclic) bond motifs is 1. The number of hydrogen-bond acceptors (Lipinski definition) is 1. The first-order valence-corrected chi connectivity index (χ1v) is 6.09. The highest BCUT2D eigenvalue weighted by atomic mass is 79.9. The van der Waals surface area contributed by atoms with Crippen molar-refractivity contribution in [3.05, 3.63) is 33.1 Å². The van der Waals surface area contributed by atoms with Gasteiger partial charge in [0.25, 0.3) is 0 Å². The molecule has 0 atom stereocenters. The molecule has 0 bridgehead atoms. The molecule has 0 nitrogen and oxygen atoms in total. The topological polar surface area (TPSA) is 0 Å². The van der Waals surface area contributed by atoms with E-state index in [1.807, 2.05) is 0 Å². The van der Waals surface area contributed by atoms with Crippen LogP contribution in [0.2, 0.25) is 0 Å². The molecular weight excluding hydrogens is 268 g/mol. The Balaban J connectivity index is 2.75. The van der Waals surface area contributed by atoms with E-state index >= 15 is 0 Å². The highest BCUT2D eigenvalue weighted by Crippen LogP contribution is 2.33. The summed E-state index contributed by atoms with van der Waals surface area (Å²) in [6, 6.07) is 6.48. The van der Waals surface area contributed by atoms with E-state index in [4.69, 9.17) is 11.6 Å². The summed E-state index contributed by atoms with van der Waals surface area (Å²) in [5.74, 6) is 0.602. The summed E-state index contributed by atoms with van der Waals surface area (Å²) in [4.78, 5) is 1.22. The quantitative estimate of drug-likeness (QED) is 0.661. The second-order valence-electron chi connectivity index (χ2n) is 3.01. The van der Waals surface area contributed by atoms with E-state index in [2.05, 4.69) is 41.1 Å². The van der Waals surface area contributed by atoms with Gasteiger partial charge in [0.1, 0.15) is 0 Å². The minimum Gasteiger partial charge on any atom is -0.138 e. The second-order valence-corrected chi connectivity index (χ2v) is 5.27. The van der Waals surface area contributed by atoms with Crippen LogP contribution in [0.5, 0.6) is 0 Å². The van der Waals surface area contributed by atoms with Crippen LogP contribution < -0.4 is 0 Å². The Morgan fingerprint density at radius 3 is 2.85 bits per heavy atom. The fraction of sp³-hybridized carbons (Fsp3) is 0.200. The van der Waals surface area contributed by atoms with E-state index in [-0.39, 0.29) is 0 Å². The lowest BCUT2D eigenvalue weighted by Crippen LogP contribution is -1.71. The maximum Gasteiger partial charge on any atom is 0.0568 e. The van der Waals surface area contributed by atoms with Crippen molar-refractivity contribution in [1.82, 2.24) is 0 Å². The third-order valence-electron chi connectivity index (χ3n) is 1.90. The number of hydrogen-bond donors (Lipinski definition) is 0. The van der Waals surface area contributed by atoms with Gasteiger partial charge >= 0.3 is 0 Å². The standard InChI is InChI=1S/C10H8BrClS/c1-6-2-7-4-8(5-12)13-10(7)9(11)3-6/h2-4H,5H2,1H3. The van der Waals surface area contributed by atoms with Crippen molar-refractivity contribution in [2.24, 2.45) is 0 Å². The highest BCUT2D eigenvalue weighted by Gasteiger charge is 2.04. The molecule has 0 aliphatic rings. The molecule has 1 heterocycles. The van der Waals surface area contributed by atoms with Gasteiger partial charge in [-0.2, -0.15) is 0 Å². The fourth-order valence-electron chi connectivity index (χ4n) is 1.37. The predicted octanol–water partition coefficient (Wildman–Crippen LogP) is 4.71. The summed E-state index contributed by atoms with van der Waals surface area (Å²) in [5, 5.41) is 1.28. The maximum absolute atomic E-state index is 5.79. The summed E-state index contributed by atoms with van der Waals surface area (Å²) >= 11 is 11.1. The van der Waals surface area contributed by atoms with Gasteiger partial charge in [0.15, 0.2) is 0 Å². The Morgan fingerprint density at radius 2 is 2.15 bits per heavy atom. The number of halogens is 2. The van der Waals surface area contributed by atoms with Crippen molar-refractivity contribution in [2.75, 3.05) is 0 Å². The molecule has 0 saturated carbocycles. The number of rotatable bonds is 1. The molecule has 0 amide bonds. The van der Waals surface area contributed by atoms with Gasteiger partial charge in [-0.15, -0.1) is 22.9 Å². The summed E-state index contributed by atoms with van der Waals surface area (Å²) in [5.41, 5.74) is 1.28. The Hall–Kier alpha value is -0.0500. The smallest absolute Gasteiger partial charge is 0.0568 e. The number of benzene rings is 1. The number of alkyl halides is 1. The zero-order chi connectivity index (χ0) is 9.42. The molecule has 0 saturated heterocycles. The lowest BCUT2D eigenvalue weighted by atomic mass is 10.2. The molecule has 0 spiro atoms. The number of aryl methyl sites for hydroxylation is 1. The van der Waals surface area contributed by atoms with Crippen LogP contribution in [-0.4, -0.2) is 0 Å². The van der Waals surface area contributed by atoms with Crippen LogP contribution in [0.3, 0.4) is 0 Å². The zero-order valence-electron chi connectivity index (χ0n) is 7.10. The Labute approximate surface area is 94.7 Å². The van der Waals surface area contributed by atoms with E-state index < -0.39 is 0 Å². The normalized spacial score (nSPS) is 11.0. The largest absolute Gasteiger partial charge is 0.138 e. The van der Waals surface area contributed by atoms with Gasteiger partial charge in [-0.1, -0.05) is 6.07 Å². The minimum absolute atomic E-state index is 0.602. The van der Waals surface area contributed by atoms with Crippen LogP contribution in [0.25, 0.3) is 10.1 Å². The molecule has 0 fully saturated rings. The van der Waals surface area contributed by atoms with Gasteiger partial charge in [0.05, 0.1) is 5.88 Å². The molecule has 2 rings (SSSR count). The van der Waals surface area contributed by atoms with Crippen molar-refractivity contribution in [1.29, 1.82) is 0 Å². The Bertz CT molecular complexity index is 447. The Morgan fingerprint density at radius 1 is 1.38 bits per heavy atom. The lowest BCUT2D eigenvalue weighted by Gasteiger charge is -1.95. The minimum atomic E-state index is 0.602. The Kier molecular flexibility index (Phi) is 2.63. The summed E-state index contributed by atoms with van der Waals surface area (Å²) < 4.78 is 2.46. The summed E-state index contributed by atoms with van der Waals surface area (Å²) in [6.07, 6.45) is 0. The molecule has 0 aliphatic carbocycles. The van der Waals surface area contributed by atoms with Crippen LogP contribution in [-0.2, 0) is 5.88 Å². The van der Waals surface area contributed by atoms with Crippen LogP contribution in [0, 0.1) is 6.92 Å². The van der Waals surface area contributed by atoms with E-state index in [9.17, 15) is 0 Å². The molecule has 1 aromatic carbocycles. The molecule has 0 aliphatic heterocycles. The molecule has 13 heavy (non-hydrogen) atoms. The molecule has 1 aromatic heterocycles.